The maximum atomic E-state index is 13.9. The van der Waals surface area contributed by atoms with Crippen molar-refractivity contribution < 1.29 is 17.6 Å². The molecule has 0 aliphatic carbocycles. The van der Waals surface area contributed by atoms with Crippen molar-refractivity contribution in [2.45, 2.75) is 25.6 Å². The molecule has 1 N–H and O–H groups in total. The highest BCUT2D eigenvalue weighted by molar-refractivity contribution is 7.11. The Morgan fingerprint density at radius 2 is 2.00 bits per heavy atom. The summed E-state index contributed by atoms with van der Waals surface area (Å²) in [4.78, 5) is 3.75. The largest absolute Gasteiger partial charge is 0.443 e. The fourth-order valence-corrected chi connectivity index (χ4v) is 2.79. The van der Waals surface area contributed by atoms with Crippen LogP contribution in [0.3, 0.4) is 0 Å². The first-order chi connectivity index (χ1) is 9.93. The monoisotopic (exact) mass is 318 g/mol. The number of aromatic nitrogens is 1. The summed E-state index contributed by atoms with van der Waals surface area (Å²) in [5.74, 6) is -0.451. The molecule has 2 nitrogen and oxygen atoms in total. The first kappa shape index (κ1) is 15.9. The zero-order chi connectivity index (χ0) is 15.5. The van der Waals surface area contributed by atoms with Gasteiger partial charge in [0, 0.05) is 16.6 Å². The number of thiazole rings is 1. The van der Waals surface area contributed by atoms with Crippen LogP contribution in [0.2, 0.25) is 0 Å². The maximum absolute atomic E-state index is 13.9. The van der Waals surface area contributed by atoms with E-state index < -0.39 is 23.0 Å². The summed E-state index contributed by atoms with van der Waals surface area (Å²) in [7, 11) is 0. The highest BCUT2D eigenvalue weighted by atomic mass is 32.1. The predicted octanol–water partition coefficient (Wildman–Crippen LogP) is 4.39. The molecule has 0 saturated carbocycles. The van der Waals surface area contributed by atoms with E-state index in [2.05, 4.69) is 10.3 Å². The molecule has 0 amide bonds. The fourth-order valence-electron chi connectivity index (χ4n) is 1.91. The summed E-state index contributed by atoms with van der Waals surface area (Å²) in [5.41, 5.74) is 0.323. The minimum absolute atomic E-state index is 0.323. The van der Waals surface area contributed by atoms with Crippen molar-refractivity contribution in [2.75, 3.05) is 6.54 Å². The van der Waals surface area contributed by atoms with Gasteiger partial charge in [0.05, 0.1) is 6.04 Å². The molecule has 1 atom stereocenters. The van der Waals surface area contributed by atoms with Gasteiger partial charge in [-0.2, -0.15) is 13.2 Å². The zero-order valence-corrected chi connectivity index (χ0v) is 12.1. The molecule has 0 spiro atoms. The van der Waals surface area contributed by atoms with Crippen molar-refractivity contribution in [3.63, 3.8) is 0 Å². The highest BCUT2D eigenvalue weighted by Crippen LogP contribution is 2.36. The zero-order valence-electron chi connectivity index (χ0n) is 11.2. The Labute approximate surface area is 123 Å². The lowest BCUT2D eigenvalue weighted by atomic mass is 10.1. The number of nitrogens with zero attached hydrogens (tertiary/aromatic N) is 1. The van der Waals surface area contributed by atoms with E-state index >= 15 is 0 Å². The SMILES string of the molecule is CCCNC(c1cnc(C(F)(F)F)s1)c1ccccc1F. The van der Waals surface area contributed by atoms with E-state index in [9.17, 15) is 17.6 Å². The molecule has 1 unspecified atom stereocenters. The first-order valence-electron chi connectivity index (χ1n) is 6.44. The molecule has 1 aromatic carbocycles. The Morgan fingerprint density at radius 3 is 2.57 bits per heavy atom. The molecular weight excluding hydrogens is 304 g/mol. The van der Waals surface area contributed by atoms with Gasteiger partial charge in [-0.3, -0.25) is 0 Å². The number of rotatable bonds is 5. The third kappa shape index (κ3) is 3.79. The lowest BCUT2D eigenvalue weighted by Gasteiger charge is -2.17. The molecule has 7 heteroatoms. The fraction of sp³-hybridized carbons (Fsp3) is 0.357. The number of benzene rings is 1. The van der Waals surface area contributed by atoms with Crippen molar-refractivity contribution in [3.05, 3.63) is 51.7 Å². The van der Waals surface area contributed by atoms with Gasteiger partial charge in [0.25, 0.3) is 0 Å². The quantitative estimate of drug-likeness (QED) is 0.827. The minimum atomic E-state index is -4.48. The molecule has 0 saturated heterocycles. The highest BCUT2D eigenvalue weighted by Gasteiger charge is 2.35. The van der Waals surface area contributed by atoms with Gasteiger partial charge in [0.1, 0.15) is 5.82 Å². The third-order valence-corrected chi connectivity index (χ3v) is 3.97. The summed E-state index contributed by atoms with van der Waals surface area (Å²) in [5, 5.41) is 2.15. The van der Waals surface area contributed by atoms with Gasteiger partial charge in [-0.05, 0) is 19.0 Å². The van der Waals surface area contributed by atoms with Crippen LogP contribution in [0.25, 0.3) is 0 Å². The molecule has 0 radical (unpaired) electrons. The van der Waals surface area contributed by atoms with E-state index in [1.807, 2.05) is 6.92 Å². The van der Waals surface area contributed by atoms with Crippen LogP contribution in [0.4, 0.5) is 17.6 Å². The van der Waals surface area contributed by atoms with Gasteiger partial charge in [0.15, 0.2) is 5.01 Å². The lowest BCUT2D eigenvalue weighted by Crippen LogP contribution is -2.23. The van der Waals surface area contributed by atoms with E-state index in [0.29, 0.717) is 28.3 Å². The van der Waals surface area contributed by atoms with Crippen molar-refractivity contribution in [3.8, 4) is 0 Å². The van der Waals surface area contributed by atoms with Crippen LogP contribution in [0.1, 0.15) is 34.8 Å². The van der Waals surface area contributed by atoms with Crippen molar-refractivity contribution >= 4 is 11.3 Å². The molecule has 2 rings (SSSR count). The van der Waals surface area contributed by atoms with Crippen LogP contribution in [0.5, 0.6) is 0 Å². The summed E-state index contributed by atoms with van der Waals surface area (Å²) in [6, 6.07) is 5.44. The van der Waals surface area contributed by atoms with Crippen LogP contribution in [-0.4, -0.2) is 11.5 Å². The number of halogens is 4. The first-order valence-corrected chi connectivity index (χ1v) is 7.26. The summed E-state index contributed by atoms with van der Waals surface area (Å²) in [6.07, 6.45) is -2.53. The number of hydrogen-bond donors (Lipinski definition) is 1. The second-order valence-corrected chi connectivity index (χ2v) is 5.54. The number of hydrogen-bond acceptors (Lipinski definition) is 3. The maximum Gasteiger partial charge on any atom is 0.443 e. The smallest absolute Gasteiger partial charge is 0.305 e. The minimum Gasteiger partial charge on any atom is -0.305 e. The van der Waals surface area contributed by atoms with Gasteiger partial charge in [-0.25, -0.2) is 9.37 Å². The van der Waals surface area contributed by atoms with Crippen LogP contribution in [0, 0.1) is 5.82 Å². The van der Waals surface area contributed by atoms with Crippen LogP contribution in [-0.2, 0) is 6.18 Å². The van der Waals surface area contributed by atoms with Crippen molar-refractivity contribution in [2.24, 2.45) is 0 Å². The standard InChI is InChI=1S/C14H14F4N2S/c1-2-7-19-12(9-5-3-4-6-10(9)15)11-8-20-13(21-11)14(16,17)18/h3-6,8,12,19H,2,7H2,1H3. The molecule has 0 bridgehead atoms. The van der Waals surface area contributed by atoms with Crippen molar-refractivity contribution in [1.29, 1.82) is 0 Å². The Balaban J connectivity index is 2.37. The van der Waals surface area contributed by atoms with Crippen molar-refractivity contribution in [1.82, 2.24) is 10.3 Å². The Morgan fingerprint density at radius 1 is 1.29 bits per heavy atom. The molecule has 0 aliphatic rings. The Bertz CT molecular complexity index is 595. The molecule has 0 fully saturated rings. The van der Waals surface area contributed by atoms with E-state index in [-0.39, 0.29) is 0 Å². The molecule has 1 heterocycles. The molecule has 114 valence electrons. The van der Waals surface area contributed by atoms with E-state index in [1.54, 1.807) is 18.2 Å². The van der Waals surface area contributed by atoms with Crippen LogP contribution in [0.15, 0.2) is 30.5 Å². The van der Waals surface area contributed by atoms with Gasteiger partial charge in [0.2, 0.25) is 0 Å². The summed E-state index contributed by atoms with van der Waals surface area (Å²) >= 11 is 0.537. The van der Waals surface area contributed by atoms with E-state index in [4.69, 9.17) is 0 Å². The van der Waals surface area contributed by atoms with E-state index in [1.165, 1.54) is 6.07 Å². The third-order valence-electron chi connectivity index (χ3n) is 2.87. The lowest BCUT2D eigenvalue weighted by molar-refractivity contribution is -0.137. The van der Waals surface area contributed by atoms with Crippen LogP contribution >= 0.6 is 11.3 Å². The Hall–Kier alpha value is -1.47. The van der Waals surface area contributed by atoms with E-state index in [0.717, 1.165) is 12.6 Å². The molecular formula is C14H14F4N2S. The Kier molecular flexibility index (Phi) is 4.95. The molecule has 0 aliphatic heterocycles. The van der Waals surface area contributed by atoms with Gasteiger partial charge < -0.3 is 5.32 Å². The average molecular weight is 318 g/mol. The normalized spacial score (nSPS) is 13.4. The average Bonchev–Trinajstić information content (AvgIpc) is 2.91. The summed E-state index contributed by atoms with van der Waals surface area (Å²) in [6.45, 7) is 2.50. The van der Waals surface area contributed by atoms with Gasteiger partial charge in [-0.15, -0.1) is 11.3 Å². The second kappa shape index (κ2) is 6.53. The predicted molar refractivity (Wildman–Crippen MR) is 73.7 cm³/mol. The second-order valence-electron chi connectivity index (χ2n) is 4.47. The number of nitrogens with one attached hydrogen (secondary N) is 1. The molecule has 21 heavy (non-hydrogen) atoms. The van der Waals surface area contributed by atoms with Crippen LogP contribution < -0.4 is 5.32 Å². The molecule has 2 aromatic rings. The summed E-state index contributed by atoms with van der Waals surface area (Å²) < 4.78 is 51.9. The van der Waals surface area contributed by atoms with Gasteiger partial charge >= 0.3 is 6.18 Å². The molecule has 1 aromatic heterocycles. The topological polar surface area (TPSA) is 24.9 Å². The van der Waals surface area contributed by atoms with Gasteiger partial charge in [-0.1, -0.05) is 25.1 Å². The number of alkyl halides is 3.